The highest BCUT2D eigenvalue weighted by molar-refractivity contribution is 7.99. The lowest BCUT2D eigenvalue weighted by molar-refractivity contribution is -0.163. The maximum Gasteiger partial charge on any atom is 0.407 e. The number of hydrogen-bond donors (Lipinski definition) is 2. The zero-order valence-electron chi connectivity index (χ0n) is 25.4. The Morgan fingerprint density at radius 2 is 1.73 bits per heavy atom. The van der Waals surface area contributed by atoms with Gasteiger partial charge in [0.25, 0.3) is 0 Å². The van der Waals surface area contributed by atoms with Crippen molar-refractivity contribution in [1.82, 2.24) is 15.5 Å². The van der Waals surface area contributed by atoms with Gasteiger partial charge in [-0.2, -0.15) is 11.8 Å². The van der Waals surface area contributed by atoms with Gasteiger partial charge in [0.1, 0.15) is 24.3 Å². The summed E-state index contributed by atoms with van der Waals surface area (Å²) in [4.78, 5) is 52.8. The van der Waals surface area contributed by atoms with Gasteiger partial charge in [-0.05, 0) is 58.9 Å². The summed E-state index contributed by atoms with van der Waals surface area (Å²) < 4.78 is 16.2. The molecular formula is C30H47N3O7S. The number of thioether (sulfide) groups is 1. The molecule has 0 bridgehead atoms. The van der Waals surface area contributed by atoms with Crippen LogP contribution in [0.1, 0.15) is 66.9 Å². The minimum absolute atomic E-state index is 0.126. The Morgan fingerprint density at radius 1 is 1.05 bits per heavy atom. The van der Waals surface area contributed by atoms with Gasteiger partial charge < -0.3 is 24.4 Å². The first kappa shape index (κ1) is 34.4. The number of nitrogens with one attached hydrogen (secondary N) is 2. The molecule has 2 amide bonds. The number of benzene rings is 1. The van der Waals surface area contributed by atoms with E-state index in [9.17, 15) is 19.2 Å². The molecule has 1 saturated heterocycles. The minimum Gasteiger partial charge on any atom is -0.465 e. The lowest BCUT2D eigenvalue weighted by Gasteiger charge is -2.30. The molecule has 1 aromatic carbocycles. The first-order valence-corrected chi connectivity index (χ1v) is 15.5. The van der Waals surface area contributed by atoms with Gasteiger partial charge in [0.15, 0.2) is 0 Å². The van der Waals surface area contributed by atoms with Crippen LogP contribution < -0.4 is 10.6 Å². The minimum atomic E-state index is -0.751. The highest BCUT2D eigenvalue weighted by Crippen LogP contribution is 2.22. The van der Waals surface area contributed by atoms with Crippen LogP contribution in [0.3, 0.4) is 0 Å². The van der Waals surface area contributed by atoms with Crippen LogP contribution in [0.2, 0.25) is 0 Å². The Bertz CT molecular complexity index is 1000. The number of likely N-dealkylation sites (tertiary alicyclic amines) is 1. The molecule has 0 aliphatic carbocycles. The summed E-state index contributed by atoms with van der Waals surface area (Å²) in [6.45, 7) is 13.6. The van der Waals surface area contributed by atoms with Gasteiger partial charge in [-0.1, -0.05) is 44.2 Å². The van der Waals surface area contributed by atoms with E-state index in [-0.39, 0.29) is 31.1 Å². The molecule has 1 aliphatic heterocycles. The number of carbonyl (C=O) groups excluding carboxylic acids is 4. The van der Waals surface area contributed by atoms with Gasteiger partial charge in [-0.15, -0.1) is 0 Å². The quantitative estimate of drug-likeness (QED) is 0.244. The molecule has 1 aromatic rings. The molecule has 1 aliphatic rings. The Balaban J connectivity index is 1.95. The lowest BCUT2D eigenvalue weighted by atomic mass is 10.1. The molecule has 2 N–H and O–H groups in total. The predicted molar refractivity (Wildman–Crippen MR) is 159 cm³/mol. The van der Waals surface area contributed by atoms with E-state index in [0.29, 0.717) is 30.9 Å². The number of amides is 2. The average molecular weight is 594 g/mol. The normalized spacial score (nSPS) is 17.5. The van der Waals surface area contributed by atoms with Crippen LogP contribution in [0.4, 0.5) is 4.79 Å². The van der Waals surface area contributed by atoms with Gasteiger partial charge in [-0.25, -0.2) is 9.59 Å². The fourth-order valence-corrected chi connectivity index (χ4v) is 5.65. The van der Waals surface area contributed by atoms with Gasteiger partial charge in [0.2, 0.25) is 5.91 Å². The zero-order valence-corrected chi connectivity index (χ0v) is 26.3. The van der Waals surface area contributed by atoms with E-state index in [2.05, 4.69) is 10.6 Å². The van der Waals surface area contributed by atoms with Gasteiger partial charge in [0, 0.05) is 24.1 Å². The Morgan fingerprint density at radius 3 is 2.34 bits per heavy atom. The first-order valence-electron chi connectivity index (χ1n) is 14.3. The summed E-state index contributed by atoms with van der Waals surface area (Å²) in [5.74, 6) is -0.147. The maximum atomic E-state index is 13.3. The second kappa shape index (κ2) is 16.6. The van der Waals surface area contributed by atoms with Crippen molar-refractivity contribution in [2.75, 3.05) is 24.7 Å². The number of rotatable bonds is 14. The molecule has 230 valence electrons. The third kappa shape index (κ3) is 11.9. The van der Waals surface area contributed by atoms with Crippen LogP contribution >= 0.6 is 11.8 Å². The summed E-state index contributed by atoms with van der Waals surface area (Å²) in [5.41, 5.74) is 0.253. The van der Waals surface area contributed by atoms with Crippen molar-refractivity contribution in [3.63, 3.8) is 0 Å². The largest absolute Gasteiger partial charge is 0.465 e. The number of carbonyl (C=O) groups is 4. The summed E-state index contributed by atoms with van der Waals surface area (Å²) in [6, 6.07) is 7.15. The topological polar surface area (TPSA) is 123 Å². The van der Waals surface area contributed by atoms with Crippen molar-refractivity contribution in [2.24, 2.45) is 5.92 Å². The van der Waals surface area contributed by atoms with Crippen LogP contribution in [0.25, 0.3) is 0 Å². The Labute approximate surface area is 248 Å². The number of hydrogen-bond acceptors (Lipinski definition) is 9. The van der Waals surface area contributed by atoms with Crippen LogP contribution in [-0.4, -0.2) is 83.3 Å². The second-order valence-corrected chi connectivity index (χ2v) is 12.6. The van der Waals surface area contributed by atoms with Gasteiger partial charge in [-0.3, -0.25) is 14.9 Å². The van der Waals surface area contributed by atoms with E-state index in [4.69, 9.17) is 14.2 Å². The van der Waals surface area contributed by atoms with E-state index in [1.165, 1.54) is 11.8 Å². The van der Waals surface area contributed by atoms with Crippen LogP contribution in [-0.2, 0) is 35.2 Å². The Kier molecular flexibility index (Phi) is 13.9. The molecule has 11 heteroatoms. The monoisotopic (exact) mass is 593 g/mol. The van der Waals surface area contributed by atoms with Gasteiger partial charge >= 0.3 is 18.0 Å². The molecule has 0 aromatic heterocycles. The second-order valence-electron chi connectivity index (χ2n) is 11.5. The third-order valence-electron chi connectivity index (χ3n) is 6.51. The molecule has 41 heavy (non-hydrogen) atoms. The van der Waals surface area contributed by atoms with Gasteiger partial charge in [0.05, 0.1) is 12.6 Å². The first-order chi connectivity index (χ1) is 19.3. The predicted octanol–water partition coefficient (Wildman–Crippen LogP) is 3.91. The molecule has 0 saturated carbocycles. The smallest absolute Gasteiger partial charge is 0.407 e. The molecule has 4 atom stereocenters. The van der Waals surface area contributed by atoms with Crippen molar-refractivity contribution in [1.29, 1.82) is 0 Å². The van der Waals surface area contributed by atoms with Crippen LogP contribution in [0.5, 0.6) is 0 Å². The maximum absolute atomic E-state index is 13.3. The standard InChI is InChI=1S/C30H47N3O7S/c1-8-38-27(35)24(31-21(4)26(34)33-16-12-15-25(33)28(36)40-30(5,6)7)19-41-18-23(20(2)3)32-29(37)39-17-22-13-10-9-11-14-22/h9-11,13-14,20-21,23-25,31H,8,12,15-19H2,1-7H3,(H,32,37)/t21-,23+,24-,25-/m0/s1. The fraction of sp³-hybridized carbons (Fsp3) is 0.667. The van der Waals surface area contributed by atoms with Crippen molar-refractivity contribution in [2.45, 2.75) is 97.7 Å². The molecule has 0 unspecified atom stereocenters. The van der Waals surface area contributed by atoms with Crippen molar-refractivity contribution < 1.29 is 33.4 Å². The molecule has 10 nitrogen and oxygen atoms in total. The van der Waals surface area contributed by atoms with E-state index < -0.39 is 41.8 Å². The number of nitrogens with zero attached hydrogens (tertiary/aromatic N) is 1. The molecule has 0 spiro atoms. The van der Waals surface area contributed by atoms with Crippen LogP contribution in [0, 0.1) is 5.92 Å². The van der Waals surface area contributed by atoms with E-state index in [0.717, 1.165) is 5.56 Å². The molecule has 1 fully saturated rings. The zero-order chi connectivity index (χ0) is 30.6. The summed E-state index contributed by atoms with van der Waals surface area (Å²) in [7, 11) is 0. The molecular weight excluding hydrogens is 546 g/mol. The SMILES string of the molecule is CCOC(=O)[C@H](CSC[C@@H](NC(=O)OCc1ccccc1)C(C)C)N[C@@H](C)C(=O)N1CCC[C@H]1C(=O)OC(C)(C)C. The fourth-order valence-electron chi connectivity index (χ4n) is 4.32. The van der Waals surface area contributed by atoms with Crippen LogP contribution in [0.15, 0.2) is 30.3 Å². The molecule has 0 radical (unpaired) electrons. The highest BCUT2D eigenvalue weighted by Gasteiger charge is 2.39. The summed E-state index contributed by atoms with van der Waals surface area (Å²) >= 11 is 1.47. The third-order valence-corrected chi connectivity index (χ3v) is 7.67. The van der Waals surface area contributed by atoms with Crippen molar-refractivity contribution in [3.05, 3.63) is 35.9 Å². The van der Waals surface area contributed by atoms with E-state index >= 15 is 0 Å². The number of esters is 2. The average Bonchev–Trinajstić information content (AvgIpc) is 3.40. The van der Waals surface area contributed by atoms with Crippen molar-refractivity contribution in [3.8, 4) is 0 Å². The summed E-state index contributed by atoms with van der Waals surface area (Å²) in [6.07, 6.45) is 0.747. The Hall–Kier alpha value is -2.79. The lowest BCUT2D eigenvalue weighted by Crippen LogP contribution is -2.54. The van der Waals surface area contributed by atoms with E-state index in [1.54, 1.807) is 39.5 Å². The molecule has 2 rings (SSSR count). The summed E-state index contributed by atoms with van der Waals surface area (Å²) in [5, 5.41) is 6.04. The van der Waals surface area contributed by atoms with Crippen molar-refractivity contribution >= 4 is 35.7 Å². The highest BCUT2D eigenvalue weighted by atomic mass is 32.2. The number of alkyl carbamates (subject to hydrolysis) is 1. The number of ether oxygens (including phenoxy) is 3. The molecule has 1 heterocycles. The van der Waals surface area contributed by atoms with E-state index in [1.807, 2.05) is 44.2 Å².